The van der Waals surface area contributed by atoms with Gasteiger partial charge in [-0.2, -0.15) is 0 Å². The van der Waals surface area contributed by atoms with E-state index in [1.807, 2.05) is 0 Å². The minimum absolute atomic E-state index is 0.824. The van der Waals surface area contributed by atoms with Gasteiger partial charge in [0.25, 0.3) is 0 Å². The van der Waals surface area contributed by atoms with E-state index in [2.05, 4.69) is 22.2 Å². The first-order valence-electron chi connectivity index (χ1n) is 6.43. The monoisotopic (exact) mass is 229 g/mol. The van der Waals surface area contributed by atoms with Crippen LogP contribution in [-0.4, -0.2) is 76.4 Å². The lowest BCUT2D eigenvalue weighted by atomic mass is 10.4. The van der Waals surface area contributed by atoms with Gasteiger partial charge in [0.2, 0.25) is 0 Å². The number of methoxy groups -OCH3 is 1. The molecular formula is C12H27N3O. The van der Waals surface area contributed by atoms with Crippen LogP contribution in [0.1, 0.15) is 12.8 Å². The summed E-state index contributed by atoms with van der Waals surface area (Å²) in [6.07, 6.45) is 2.78. The van der Waals surface area contributed by atoms with E-state index in [4.69, 9.17) is 4.74 Å². The minimum Gasteiger partial charge on any atom is -0.383 e. The molecule has 1 N–H and O–H groups in total. The van der Waals surface area contributed by atoms with Crippen LogP contribution in [0.5, 0.6) is 0 Å². The smallest absolute Gasteiger partial charge is 0.0589 e. The standard InChI is InChI=1S/C12H27N3O/c1-14(11-12-16-2)9-5-13-6-10-15-7-3-4-8-15/h13H,3-12H2,1-2H3. The van der Waals surface area contributed by atoms with Crippen molar-refractivity contribution in [3.63, 3.8) is 0 Å². The third-order valence-corrected chi connectivity index (χ3v) is 3.15. The molecule has 16 heavy (non-hydrogen) atoms. The maximum atomic E-state index is 5.04. The SMILES string of the molecule is COCCN(C)CCNCCN1CCCC1. The second kappa shape index (κ2) is 8.93. The molecule has 0 aromatic rings. The third-order valence-electron chi connectivity index (χ3n) is 3.15. The quantitative estimate of drug-likeness (QED) is 0.574. The van der Waals surface area contributed by atoms with Crippen LogP contribution in [0.3, 0.4) is 0 Å². The van der Waals surface area contributed by atoms with Gasteiger partial charge in [-0.1, -0.05) is 0 Å². The zero-order chi connectivity index (χ0) is 11.6. The molecule has 0 atom stereocenters. The fourth-order valence-corrected chi connectivity index (χ4v) is 2.00. The zero-order valence-corrected chi connectivity index (χ0v) is 10.9. The summed E-state index contributed by atoms with van der Waals surface area (Å²) in [6.45, 7) is 8.96. The number of hydrogen-bond acceptors (Lipinski definition) is 4. The Kier molecular flexibility index (Phi) is 7.76. The van der Waals surface area contributed by atoms with E-state index in [0.717, 1.165) is 32.8 Å². The summed E-state index contributed by atoms with van der Waals surface area (Å²) in [4.78, 5) is 4.84. The van der Waals surface area contributed by atoms with Crippen molar-refractivity contribution in [2.45, 2.75) is 12.8 Å². The average molecular weight is 229 g/mol. The summed E-state index contributed by atoms with van der Waals surface area (Å²) >= 11 is 0. The predicted molar refractivity (Wildman–Crippen MR) is 67.9 cm³/mol. The Hall–Kier alpha value is -0.160. The molecule has 0 saturated carbocycles. The predicted octanol–water partition coefficient (Wildman–Crippen LogP) is 0.250. The lowest BCUT2D eigenvalue weighted by Gasteiger charge is -2.18. The highest BCUT2D eigenvalue weighted by Crippen LogP contribution is 2.05. The average Bonchev–Trinajstić information content (AvgIpc) is 2.79. The molecule has 96 valence electrons. The Labute approximate surface area is 99.9 Å². The van der Waals surface area contributed by atoms with Crippen LogP contribution < -0.4 is 5.32 Å². The van der Waals surface area contributed by atoms with Crippen LogP contribution in [0.25, 0.3) is 0 Å². The minimum atomic E-state index is 0.824. The molecule has 4 nitrogen and oxygen atoms in total. The molecule has 0 amide bonds. The van der Waals surface area contributed by atoms with Crippen molar-refractivity contribution in [2.75, 3.05) is 66.6 Å². The van der Waals surface area contributed by atoms with Gasteiger partial charge >= 0.3 is 0 Å². The van der Waals surface area contributed by atoms with E-state index in [1.54, 1.807) is 7.11 Å². The molecule has 0 aromatic heterocycles. The van der Waals surface area contributed by atoms with Gasteiger partial charge < -0.3 is 19.9 Å². The van der Waals surface area contributed by atoms with Crippen molar-refractivity contribution in [3.05, 3.63) is 0 Å². The fraction of sp³-hybridized carbons (Fsp3) is 1.00. The van der Waals surface area contributed by atoms with Crippen molar-refractivity contribution < 1.29 is 4.74 Å². The summed E-state index contributed by atoms with van der Waals surface area (Å²) in [6, 6.07) is 0. The number of ether oxygens (including phenoxy) is 1. The van der Waals surface area contributed by atoms with Crippen LogP contribution >= 0.6 is 0 Å². The Morgan fingerprint density at radius 3 is 2.62 bits per heavy atom. The molecule has 0 spiro atoms. The highest BCUT2D eigenvalue weighted by molar-refractivity contribution is 4.67. The molecule has 1 aliphatic rings. The molecule has 0 aliphatic carbocycles. The van der Waals surface area contributed by atoms with Gasteiger partial charge in [-0.25, -0.2) is 0 Å². The number of nitrogens with zero attached hydrogens (tertiary/aromatic N) is 2. The Morgan fingerprint density at radius 2 is 1.94 bits per heavy atom. The summed E-state index contributed by atoms with van der Waals surface area (Å²) < 4.78 is 5.04. The highest BCUT2D eigenvalue weighted by atomic mass is 16.5. The largest absolute Gasteiger partial charge is 0.383 e. The van der Waals surface area contributed by atoms with Crippen LogP contribution in [0.4, 0.5) is 0 Å². The highest BCUT2D eigenvalue weighted by Gasteiger charge is 2.09. The summed E-state index contributed by atoms with van der Waals surface area (Å²) in [5.74, 6) is 0. The molecular weight excluding hydrogens is 202 g/mol. The summed E-state index contributed by atoms with van der Waals surface area (Å²) in [5, 5.41) is 3.50. The second-order valence-electron chi connectivity index (χ2n) is 4.59. The van der Waals surface area contributed by atoms with Crippen LogP contribution in [0.15, 0.2) is 0 Å². The Balaban J connectivity index is 1.83. The second-order valence-corrected chi connectivity index (χ2v) is 4.59. The van der Waals surface area contributed by atoms with E-state index < -0.39 is 0 Å². The lowest BCUT2D eigenvalue weighted by Crippen LogP contribution is -2.35. The van der Waals surface area contributed by atoms with Gasteiger partial charge in [-0.3, -0.25) is 0 Å². The van der Waals surface area contributed by atoms with E-state index >= 15 is 0 Å². The van der Waals surface area contributed by atoms with Gasteiger partial charge in [0, 0.05) is 39.8 Å². The van der Waals surface area contributed by atoms with Crippen LogP contribution in [0, 0.1) is 0 Å². The van der Waals surface area contributed by atoms with Crippen molar-refractivity contribution in [1.29, 1.82) is 0 Å². The molecule has 0 radical (unpaired) electrons. The van der Waals surface area contributed by atoms with Gasteiger partial charge in [0.05, 0.1) is 6.61 Å². The number of rotatable bonds is 9. The summed E-state index contributed by atoms with van der Waals surface area (Å²) in [7, 11) is 3.89. The maximum absolute atomic E-state index is 5.04. The number of likely N-dealkylation sites (tertiary alicyclic amines) is 1. The lowest BCUT2D eigenvalue weighted by molar-refractivity contribution is 0.161. The van der Waals surface area contributed by atoms with Gasteiger partial charge in [0.15, 0.2) is 0 Å². The molecule has 0 aromatic carbocycles. The third kappa shape index (κ3) is 6.43. The van der Waals surface area contributed by atoms with Crippen molar-refractivity contribution in [3.8, 4) is 0 Å². The van der Waals surface area contributed by atoms with Crippen molar-refractivity contribution >= 4 is 0 Å². The molecule has 4 heteroatoms. The zero-order valence-electron chi connectivity index (χ0n) is 10.9. The van der Waals surface area contributed by atoms with Crippen LogP contribution in [0.2, 0.25) is 0 Å². The van der Waals surface area contributed by atoms with Gasteiger partial charge in [0.1, 0.15) is 0 Å². The summed E-state index contributed by atoms with van der Waals surface area (Å²) in [5.41, 5.74) is 0. The first kappa shape index (κ1) is 13.9. The van der Waals surface area contributed by atoms with Gasteiger partial charge in [-0.05, 0) is 33.0 Å². The van der Waals surface area contributed by atoms with E-state index in [1.165, 1.54) is 32.5 Å². The number of nitrogens with one attached hydrogen (secondary N) is 1. The Morgan fingerprint density at radius 1 is 1.19 bits per heavy atom. The molecule has 1 aliphatic heterocycles. The van der Waals surface area contributed by atoms with E-state index in [9.17, 15) is 0 Å². The fourth-order valence-electron chi connectivity index (χ4n) is 2.00. The first-order valence-corrected chi connectivity index (χ1v) is 6.43. The molecule has 1 heterocycles. The van der Waals surface area contributed by atoms with E-state index in [-0.39, 0.29) is 0 Å². The van der Waals surface area contributed by atoms with Crippen molar-refractivity contribution in [1.82, 2.24) is 15.1 Å². The molecule has 1 rings (SSSR count). The molecule has 1 fully saturated rings. The van der Waals surface area contributed by atoms with E-state index in [0.29, 0.717) is 0 Å². The first-order chi connectivity index (χ1) is 7.83. The molecule has 0 bridgehead atoms. The molecule has 1 saturated heterocycles. The molecule has 0 unspecified atom stereocenters. The number of likely N-dealkylation sites (N-methyl/N-ethyl adjacent to an activating group) is 1. The Bertz CT molecular complexity index is 160. The van der Waals surface area contributed by atoms with Crippen LogP contribution in [-0.2, 0) is 4.74 Å². The number of hydrogen-bond donors (Lipinski definition) is 1. The maximum Gasteiger partial charge on any atom is 0.0589 e. The topological polar surface area (TPSA) is 27.7 Å². The van der Waals surface area contributed by atoms with Crippen molar-refractivity contribution in [2.24, 2.45) is 0 Å². The normalized spacial score (nSPS) is 17.4. The van der Waals surface area contributed by atoms with Gasteiger partial charge in [-0.15, -0.1) is 0 Å².